The van der Waals surface area contributed by atoms with Crippen molar-refractivity contribution in [2.75, 3.05) is 0 Å². The number of thioether (sulfide) groups is 1. The predicted molar refractivity (Wildman–Crippen MR) is 93.5 cm³/mol. The largest absolute Gasteiger partial charge is 0.122 e. The minimum Gasteiger partial charge on any atom is -0.122 e. The molecule has 0 aromatic heterocycles. The lowest BCUT2D eigenvalue weighted by Gasteiger charge is -2.30. The van der Waals surface area contributed by atoms with E-state index >= 15 is 0 Å². The third kappa shape index (κ3) is 7.38. The zero-order chi connectivity index (χ0) is 14.8. The van der Waals surface area contributed by atoms with Gasteiger partial charge in [-0.3, -0.25) is 0 Å². The molecule has 0 aliphatic rings. The molecule has 0 aliphatic carbocycles. The summed E-state index contributed by atoms with van der Waals surface area (Å²) in [6, 6.07) is 10.9. The summed E-state index contributed by atoms with van der Waals surface area (Å²) in [4.78, 5) is 1.42. The molecule has 0 aliphatic heterocycles. The molecule has 1 aromatic rings. The third-order valence-electron chi connectivity index (χ3n) is 3.81. The van der Waals surface area contributed by atoms with Crippen LogP contribution in [0.1, 0.15) is 72.6 Å². The van der Waals surface area contributed by atoms with Gasteiger partial charge in [-0.25, -0.2) is 0 Å². The molecule has 1 rings (SSSR count). The number of hydrogen-bond acceptors (Lipinski definition) is 1. The van der Waals surface area contributed by atoms with Crippen LogP contribution in [0.4, 0.5) is 0 Å². The lowest BCUT2D eigenvalue weighted by molar-refractivity contribution is 0.370. The van der Waals surface area contributed by atoms with Crippen molar-refractivity contribution in [1.82, 2.24) is 0 Å². The van der Waals surface area contributed by atoms with E-state index in [9.17, 15) is 0 Å². The van der Waals surface area contributed by atoms with Crippen LogP contribution in [-0.2, 0) is 0 Å². The average molecular weight is 293 g/mol. The summed E-state index contributed by atoms with van der Waals surface area (Å²) < 4.78 is 0. The van der Waals surface area contributed by atoms with Gasteiger partial charge in [-0.2, -0.15) is 0 Å². The second-order valence-electron chi connectivity index (χ2n) is 6.84. The van der Waals surface area contributed by atoms with Crippen LogP contribution in [0.2, 0.25) is 0 Å². The molecule has 1 heteroatoms. The van der Waals surface area contributed by atoms with Crippen LogP contribution in [-0.4, -0.2) is 5.25 Å². The molecule has 0 spiro atoms. The maximum atomic E-state index is 2.38. The molecule has 0 saturated carbocycles. The predicted octanol–water partition coefficient (Wildman–Crippen LogP) is 6.94. The molecule has 1 unspecified atom stereocenters. The fourth-order valence-corrected chi connectivity index (χ4v) is 3.72. The van der Waals surface area contributed by atoms with Gasteiger partial charge in [0.2, 0.25) is 0 Å². The molecular weight excluding hydrogens is 260 g/mol. The first-order valence-corrected chi connectivity index (χ1v) is 9.13. The van der Waals surface area contributed by atoms with Gasteiger partial charge in [0.05, 0.1) is 0 Å². The summed E-state index contributed by atoms with van der Waals surface area (Å²) in [7, 11) is 0. The van der Waals surface area contributed by atoms with Crippen LogP contribution in [0, 0.1) is 5.41 Å². The van der Waals surface area contributed by atoms with Gasteiger partial charge >= 0.3 is 0 Å². The van der Waals surface area contributed by atoms with E-state index in [-0.39, 0.29) is 0 Å². The minimum atomic E-state index is 0.379. The fraction of sp³-hybridized carbons (Fsp3) is 0.684. The zero-order valence-corrected chi connectivity index (χ0v) is 14.6. The lowest BCUT2D eigenvalue weighted by Crippen LogP contribution is -2.23. The van der Waals surface area contributed by atoms with Crippen molar-refractivity contribution in [3.63, 3.8) is 0 Å². The molecule has 0 saturated heterocycles. The SMILES string of the molecule is CCCCCCCCC(Sc1ccccc1)C(C)(C)C. The van der Waals surface area contributed by atoms with Crippen LogP contribution in [0.15, 0.2) is 35.2 Å². The third-order valence-corrected chi connectivity index (χ3v) is 5.58. The van der Waals surface area contributed by atoms with Gasteiger partial charge < -0.3 is 0 Å². The number of hydrogen-bond donors (Lipinski definition) is 0. The summed E-state index contributed by atoms with van der Waals surface area (Å²) in [5.74, 6) is 0. The van der Waals surface area contributed by atoms with Gasteiger partial charge in [-0.05, 0) is 24.0 Å². The van der Waals surface area contributed by atoms with Gasteiger partial charge in [0.15, 0.2) is 0 Å². The zero-order valence-electron chi connectivity index (χ0n) is 13.8. The highest BCUT2D eigenvalue weighted by Crippen LogP contribution is 2.38. The standard InChI is InChI=1S/C19H32S/c1-5-6-7-8-9-13-16-18(19(2,3)4)20-17-14-11-10-12-15-17/h10-12,14-15,18H,5-9,13,16H2,1-4H3. The Balaban J connectivity index is 2.38. The van der Waals surface area contributed by atoms with Crippen molar-refractivity contribution in [3.8, 4) is 0 Å². The number of benzene rings is 1. The summed E-state index contributed by atoms with van der Waals surface area (Å²) >= 11 is 2.06. The van der Waals surface area contributed by atoms with Gasteiger partial charge in [0.1, 0.15) is 0 Å². The van der Waals surface area contributed by atoms with Crippen molar-refractivity contribution in [3.05, 3.63) is 30.3 Å². The first-order valence-electron chi connectivity index (χ1n) is 8.25. The molecule has 1 aromatic carbocycles. The van der Waals surface area contributed by atoms with Gasteiger partial charge in [0.25, 0.3) is 0 Å². The molecule has 0 amide bonds. The van der Waals surface area contributed by atoms with Gasteiger partial charge in [0, 0.05) is 10.1 Å². The van der Waals surface area contributed by atoms with Crippen LogP contribution < -0.4 is 0 Å². The number of rotatable bonds is 9. The molecule has 0 heterocycles. The molecule has 20 heavy (non-hydrogen) atoms. The molecule has 114 valence electrons. The Morgan fingerprint density at radius 3 is 2.10 bits per heavy atom. The van der Waals surface area contributed by atoms with E-state index < -0.39 is 0 Å². The Hall–Kier alpha value is -0.430. The molecule has 0 radical (unpaired) electrons. The highest BCUT2D eigenvalue weighted by atomic mass is 32.2. The summed E-state index contributed by atoms with van der Waals surface area (Å²) in [6.45, 7) is 9.42. The maximum Gasteiger partial charge on any atom is 0.0143 e. The number of unbranched alkanes of at least 4 members (excludes halogenated alkanes) is 5. The van der Waals surface area contributed by atoms with Gasteiger partial charge in [-0.15, -0.1) is 11.8 Å². The second kappa shape index (κ2) is 9.50. The molecule has 0 bridgehead atoms. The van der Waals surface area contributed by atoms with Crippen LogP contribution in [0.25, 0.3) is 0 Å². The van der Waals surface area contributed by atoms with Crippen molar-refractivity contribution >= 4 is 11.8 Å². The smallest absolute Gasteiger partial charge is 0.0143 e. The van der Waals surface area contributed by atoms with Crippen molar-refractivity contribution in [2.24, 2.45) is 5.41 Å². The highest BCUT2D eigenvalue weighted by Gasteiger charge is 2.24. The van der Waals surface area contributed by atoms with Crippen LogP contribution in [0.5, 0.6) is 0 Å². The topological polar surface area (TPSA) is 0 Å². The van der Waals surface area contributed by atoms with Crippen LogP contribution >= 0.6 is 11.8 Å². The van der Waals surface area contributed by atoms with E-state index in [1.165, 1.54) is 49.8 Å². The summed E-state index contributed by atoms with van der Waals surface area (Å²) in [6.07, 6.45) is 9.71. The van der Waals surface area contributed by atoms with E-state index in [2.05, 4.69) is 69.8 Å². The normalized spacial score (nSPS) is 13.4. The summed E-state index contributed by atoms with van der Waals surface area (Å²) in [5, 5.41) is 0.719. The highest BCUT2D eigenvalue weighted by molar-refractivity contribution is 8.00. The van der Waals surface area contributed by atoms with Gasteiger partial charge in [-0.1, -0.05) is 84.4 Å². The van der Waals surface area contributed by atoms with Crippen molar-refractivity contribution < 1.29 is 0 Å². The lowest BCUT2D eigenvalue weighted by atomic mass is 9.88. The van der Waals surface area contributed by atoms with E-state index in [4.69, 9.17) is 0 Å². The first kappa shape index (κ1) is 17.6. The quantitative estimate of drug-likeness (QED) is 0.351. The van der Waals surface area contributed by atoms with Crippen molar-refractivity contribution in [2.45, 2.75) is 82.8 Å². The average Bonchev–Trinajstić information content (AvgIpc) is 2.41. The monoisotopic (exact) mass is 292 g/mol. The van der Waals surface area contributed by atoms with E-state index in [0.717, 1.165) is 5.25 Å². The molecular formula is C19H32S. The van der Waals surface area contributed by atoms with E-state index in [1.807, 2.05) is 0 Å². The maximum absolute atomic E-state index is 2.38. The Labute approximate surface area is 130 Å². The Bertz CT molecular complexity index is 337. The first-order chi connectivity index (χ1) is 9.54. The Morgan fingerprint density at radius 1 is 0.900 bits per heavy atom. The molecule has 1 atom stereocenters. The Morgan fingerprint density at radius 2 is 1.50 bits per heavy atom. The molecule has 0 N–H and O–H groups in total. The Kier molecular flexibility index (Phi) is 8.37. The van der Waals surface area contributed by atoms with E-state index in [1.54, 1.807) is 0 Å². The van der Waals surface area contributed by atoms with Crippen molar-refractivity contribution in [1.29, 1.82) is 0 Å². The minimum absolute atomic E-state index is 0.379. The second-order valence-corrected chi connectivity index (χ2v) is 8.12. The van der Waals surface area contributed by atoms with E-state index in [0.29, 0.717) is 5.41 Å². The molecule has 0 nitrogen and oxygen atoms in total. The summed E-state index contributed by atoms with van der Waals surface area (Å²) in [5.41, 5.74) is 0.379. The fourth-order valence-electron chi connectivity index (χ4n) is 2.44. The molecule has 0 fully saturated rings. The van der Waals surface area contributed by atoms with Crippen LogP contribution in [0.3, 0.4) is 0 Å².